The molecular weight excluding hydrogens is 428 g/mol. The van der Waals surface area contributed by atoms with Gasteiger partial charge in [-0.3, -0.25) is 9.59 Å². The summed E-state index contributed by atoms with van der Waals surface area (Å²) in [5.74, 6) is -0.769. The molecule has 0 aliphatic rings. The van der Waals surface area contributed by atoms with Crippen molar-refractivity contribution in [1.29, 1.82) is 0 Å². The molecule has 0 radical (unpaired) electrons. The zero-order chi connectivity index (χ0) is 21.1. The molecule has 3 aromatic rings. The van der Waals surface area contributed by atoms with E-state index in [1.165, 1.54) is 7.11 Å². The van der Waals surface area contributed by atoms with Crippen molar-refractivity contribution in [2.24, 2.45) is 7.05 Å². The predicted molar refractivity (Wildman–Crippen MR) is 120 cm³/mol. The number of carbonyl (C=O) groups excluding carboxylic acids is 1. The molecule has 0 saturated carbocycles. The number of nitrogens with one attached hydrogen (secondary N) is 1. The maximum atomic E-state index is 12.9. The van der Waals surface area contributed by atoms with Gasteiger partial charge in [0, 0.05) is 12.4 Å². The van der Waals surface area contributed by atoms with Crippen LogP contribution in [0.3, 0.4) is 0 Å². The molecule has 2 aromatic carbocycles. The van der Waals surface area contributed by atoms with Crippen molar-refractivity contribution < 1.29 is 24.5 Å². The average Bonchev–Trinajstić information content (AvgIpc) is 3.04. The van der Waals surface area contributed by atoms with Gasteiger partial charge in [0.2, 0.25) is 0 Å². The van der Waals surface area contributed by atoms with E-state index in [2.05, 4.69) is 5.32 Å². The van der Waals surface area contributed by atoms with Crippen molar-refractivity contribution in [3.05, 3.63) is 64.3 Å². The van der Waals surface area contributed by atoms with Gasteiger partial charge in [-0.2, -0.15) is 13.5 Å². The van der Waals surface area contributed by atoms with Crippen LogP contribution in [0.1, 0.15) is 27.7 Å². The molecule has 0 saturated heterocycles. The molecule has 3 rings (SSSR count). The predicted octanol–water partition coefficient (Wildman–Crippen LogP) is 3.04. The van der Waals surface area contributed by atoms with Gasteiger partial charge in [-0.05, 0) is 29.3 Å². The van der Waals surface area contributed by atoms with E-state index >= 15 is 0 Å². The van der Waals surface area contributed by atoms with Crippen LogP contribution in [0.25, 0.3) is 10.9 Å². The van der Waals surface area contributed by atoms with Gasteiger partial charge in [0.1, 0.15) is 11.4 Å². The number of hydrogen-bond acceptors (Lipinski definition) is 4. The van der Waals surface area contributed by atoms with Gasteiger partial charge in [0.05, 0.1) is 36.7 Å². The van der Waals surface area contributed by atoms with E-state index < -0.39 is 12.0 Å². The Bertz CT molecular complexity index is 1070. The van der Waals surface area contributed by atoms with E-state index in [1.54, 1.807) is 48.0 Å². The van der Waals surface area contributed by atoms with Crippen LogP contribution in [0.2, 0.25) is 5.02 Å². The van der Waals surface area contributed by atoms with Crippen molar-refractivity contribution in [2.75, 3.05) is 13.7 Å². The topological polar surface area (TPSA) is 101 Å². The van der Waals surface area contributed by atoms with E-state index in [0.717, 1.165) is 5.52 Å². The van der Waals surface area contributed by atoms with Crippen molar-refractivity contribution in [3.8, 4) is 5.75 Å². The van der Waals surface area contributed by atoms with Crippen LogP contribution < -0.4 is 10.1 Å². The fourth-order valence-corrected chi connectivity index (χ4v) is 3.53. The fourth-order valence-electron chi connectivity index (χ4n) is 3.24. The summed E-state index contributed by atoms with van der Waals surface area (Å²) in [6, 6.07) is 11.3. The molecule has 160 valence electrons. The second-order valence-corrected chi connectivity index (χ2v) is 7.00. The number of nitrogens with zero attached hydrogens (tertiary/aromatic N) is 1. The Labute approximate surface area is 185 Å². The lowest BCUT2D eigenvalue weighted by Crippen LogP contribution is -2.32. The lowest BCUT2D eigenvalue weighted by molar-refractivity contribution is -0.136. The van der Waals surface area contributed by atoms with E-state index in [1.807, 2.05) is 6.07 Å². The van der Waals surface area contributed by atoms with Gasteiger partial charge in [0.25, 0.3) is 5.91 Å². The number of carboxylic acid groups (broad SMARTS) is 1. The number of amides is 1. The van der Waals surface area contributed by atoms with E-state index in [-0.39, 0.29) is 32.4 Å². The summed E-state index contributed by atoms with van der Waals surface area (Å²) in [7, 11) is 3.28. The number of methoxy groups -OCH3 is 1. The maximum absolute atomic E-state index is 12.9. The Balaban J connectivity index is 0.00000320. The van der Waals surface area contributed by atoms with E-state index in [0.29, 0.717) is 33.0 Å². The number of aromatic nitrogens is 1. The minimum absolute atomic E-state index is 0. The summed E-state index contributed by atoms with van der Waals surface area (Å²) in [6.45, 7) is -0.303. The Morgan fingerprint density at radius 1 is 1.20 bits per heavy atom. The summed E-state index contributed by atoms with van der Waals surface area (Å²) in [4.78, 5) is 23.7. The summed E-state index contributed by atoms with van der Waals surface area (Å²) in [6.07, 6.45) is -0.0867. The maximum Gasteiger partial charge on any atom is 0.307 e. The van der Waals surface area contributed by atoms with Gasteiger partial charge < -0.3 is 24.8 Å². The number of benzene rings is 2. The summed E-state index contributed by atoms with van der Waals surface area (Å²) < 4.78 is 6.95. The first kappa shape index (κ1) is 23.6. The van der Waals surface area contributed by atoms with Crippen molar-refractivity contribution in [2.45, 2.75) is 12.5 Å². The molecule has 0 aliphatic heterocycles. The first-order valence-electron chi connectivity index (χ1n) is 8.90. The highest BCUT2D eigenvalue weighted by Gasteiger charge is 2.20. The Hall–Kier alpha value is -2.68. The third kappa shape index (κ3) is 4.72. The smallest absolute Gasteiger partial charge is 0.307 e. The Morgan fingerprint density at radius 3 is 2.43 bits per heavy atom. The van der Waals surface area contributed by atoms with Crippen LogP contribution in [-0.4, -0.2) is 40.4 Å². The minimum Gasteiger partial charge on any atom is -0.495 e. The number of fused-ring (bicyclic) bond motifs is 1. The van der Waals surface area contributed by atoms with Gasteiger partial charge >= 0.3 is 5.97 Å². The molecule has 0 spiro atoms. The number of carboxylic acids is 1. The van der Waals surface area contributed by atoms with Crippen molar-refractivity contribution in [1.82, 2.24) is 9.88 Å². The monoisotopic (exact) mass is 450 g/mol. The normalized spacial score (nSPS) is 11.6. The number of aliphatic carboxylic acids is 1. The standard InChI is InChI=1S/C21H21ClN2O5.H2S/c1-24-16-7-8-18(29-2)20(22)14(16)10-17(24)21(28)23-15(11-25)13-5-3-12(4-6-13)9-19(26)27;/h3-8,10,15,25H,9,11H2,1-2H3,(H,23,28)(H,26,27);1H2/t15-;/m1./s1. The van der Waals surface area contributed by atoms with Crippen LogP contribution in [-0.2, 0) is 18.3 Å². The van der Waals surface area contributed by atoms with Crippen LogP contribution in [0.4, 0.5) is 0 Å². The molecule has 9 heteroatoms. The number of carbonyl (C=O) groups is 2. The lowest BCUT2D eigenvalue weighted by Gasteiger charge is -2.17. The third-order valence-corrected chi connectivity index (χ3v) is 5.19. The second kappa shape index (κ2) is 9.88. The molecule has 0 unspecified atom stereocenters. The third-order valence-electron chi connectivity index (χ3n) is 4.80. The summed E-state index contributed by atoms with van der Waals surface area (Å²) in [5.41, 5.74) is 2.48. The zero-order valence-corrected chi connectivity index (χ0v) is 18.2. The molecule has 1 heterocycles. The number of halogens is 1. The molecule has 1 amide bonds. The number of hydrogen-bond donors (Lipinski definition) is 3. The number of ether oxygens (including phenoxy) is 1. The molecule has 30 heavy (non-hydrogen) atoms. The van der Waals surface area contributed by atoms with E-state index in [4.69, 9.17) is 21.4 Å². The largest absolute Gasteiger partial charge is 0.495 e. The van der Waals surface area contributed by atoms with Crippen LogP contribution >= 0.6 is 25.1 Å². The summed E-state index contributed by atoms with van der Waals surface area (Å²) in [5, 5.41) is 22.5. The van der Waals surface area contributed by atoms with Crippen molar-refractivity contribution >= 4 is 47.9 Å². The number of aliphatic hydroxyl groups is 1. The molecule has 7 nitrogen and oxygen atoms in total. The highest BCUT2D eigenvalue weighted by Crippen LogP contribution is 2.34. The van der Waals surface area contributed by atoms with Crippen LogP contribution in [0, 0.1) is 0 Å². The van der Waals surface area contributed by atoms with Crippen molar-refractivity contribution in [3.63, 3.8) is 0 Å². The first-order chi connectivity index (χ1) is 13.8. The Morgan fingerprint density at radius 2 is 1.87 bits per heavy atom. The molecule has 1 aromatic heterocycles. The zero-order valence-electron chi connectivity index (χ0n) is 16.5. The summed E-state index contributed by atoms with van der Waals surface area (Å²) >= 11 is 6.36. The van der Waals surface area contributed by atoms with Gasteiger partial charge in [0.15, 0.2) is 0 Å². The highest BCUT2D eigenvalue weighted by molar-refractivity contribution is 7.59. The molecule has 0 fully saturated rings. The van der Waals surface area contributed by atoms with E-state index in [9.17, 15) is 14.7 Å². The van der Waals surface area contributed by atoms with Gasteiger partial charge in [-0.1, -0.05) is 35.9 Å². The molecule has 0 aliphatic carbocycles. The number of rotatable bonds is 7. The SMILES string of the molecule is COc1ccc2c(cc(C(=O)N[C@H](CO)c3ccc(CC(=O)O)cc3)n2C)c1Cl.S. The molecule has 0 bridgehead atoms. The minimum atomic E-state index is -0.921. The molecular formula is C21H23ClN2O5S. The molecule has 1 atom stereocenters. The van der Waals surface area contributed by atoms with Crippen LogP contribution in [0.5, 0.6) is 5.75 Å². The average molecular weight is 451 g/mol. The lowest BCUT2D eigenvalue weighted by atomic mass is 10.0. The highest BCUT2D eigenvalue weighted by atomic mass is 35.5. The van der Waals surface area contributed by atoms with Gasteiger partial charge in [-0.25, -0.2) is 0 Å². The number of aryl methyl sites for hydroxylation is 1. The Kier molecular flexibility index (Phi) is 7.77. The molecule has 3 N–H and O–H groups in total. The second-order valence-electron chi connectivity index (χ2n) is 6.62. The number of aliphatic hydroxyl groups excluding tert-OH is 1. The quantitative estimate of drug-likeness (QED) is 0.513. The first-order valence-corrected chi connectivity index (χ1v) is 9.27. The van der Waals surface area contributed by atoms with Crippen LogP contribution in [0.15, 0.2) is 42.5 Å². The van der Waals surface area contributed by atoms with Gasteiger partial charge in [-0.15, -0.1) is 0 Å². The fraction of sp³-hybridized carbons (Fsp3) is 0.238.